The van der Waals surface area contributed by atoms with Crippen molar-refractivity contribution in [1.82, 2.24) is 19.0 Å². The van der Waals surface area contributed by atoms with Crippen molar-refractivity contribution in [3.8, 4) is 11.1 Å². The van der Waals surface area contributed by atoms with Gasteiger partial charge in [0.2, 0.25) is 0 Å². The van der Waals surface area contributed by atoms with Crippen molar-refractivity contribution in [3.63, 3.8) is 0 Å². The molecule has 43 heavy (non-hydrogen) atoms. The molecule has 1 aliphatic heterocycles. The van der Waals surface area contributed by atoms with Gasteiger partial charge in [0.1, 0.15) is 5.69 Å². The molecule has 8 heteroatoms. The van der Waals surface area contributed by atoms with E-state index in [2.05, 4.69) is 66.7 Å². The SMILES string of the molecule is CCC=CC(COC(=O)N1CCC(Cn2cncc2Cn2cc(-c3cccc4ccccc34)cc2C(N)=O)CC1)C(C)C. The summed E-state index contributed by atoms with van der Waals surface area (Å²) < 4.78 is 9.78. The maximum Gasteiger partial charge on any atom is 0.409 e. The summed E-state index contributed by atoms with van der Waals surface area (Å²) in [5.41, 5.74) is 9.31. The standard InChI is InChI=1S/C35H43N5O3/c1-4-5-9-28(25(2)3)23-43-35(42)38-16-14-26(15-17-38)20-40-24-37-19-30(40)22-39-21-29(18-33(39)34(36)41)32-13-8-11-27-10-6-7-12-31(27)32/h5-13,18-19,21,24-26,28H,4,14-17,20,22-23H2,1-3H3,(H2,36,41). The summed E-state index contributed by atoms with van der Waals surface area (Å²) in [6.45, 7) is 9.49. The van der Waals surface area contributed by atoms with Crippen molar-refractivity contribution in [1.29, 1.82) is 0 Å². The van der Waals surface area contributed by atoms with Gasteiger partial charge in [-0.05, 0) is 53.5 Å². The predicted octanol–water partition coefficient (Wildman–Crippen LogP) is 6.74. The Morgan fingerprint density at radius 2 is 1.86 bits per heavy atom. The number of fused-ring (bicyclic) bond motifs is 1. The Labute approximate surface area is 254 Å². The molecule has 5 rings (SSSR count). The number of rotatable bonds is 11. The highest BCUT2D eigenvalue weighted by Crippen LogP contribution is 2.30. The molecule has 1 saturated heterocycles. The quantitative estimate of drug-likeness (QED) is 0.199. The van der Waals surface area contributed by atoms with Crippen molar-refractivity contribution in [3.05, 3.63) is 90.8 Å². The molecule has 0 spiro atoms. The third-order valence-corrected chi connectivity index (χ3v) is 8.58. The molecule has 1 atom stereocenters. The first-order valence-electron chi connectivity index (χ1n) is 15.4. The Morgan fingerprint density at radius 3 is 2.60 bits per heavy atom. The molecule has 226 valence electrons. The Bertz CT molecular complexity index is 1570. The fourth-order valence-electron chi connectivity index (χ4n) is 5.91. The van der Waals surface area contributed by atoms with Crippen LogP contribution in [-0.2, 0) is 17.8 Å². The van der Waals surface area contributed by atoms with E-state index >= 15 is 0 Å². The van der Waals surface area contributed by atoms with Crippen LogP contribution < -0.4 is 5.73 Å². The molecule has 3 heterocycles. The molecule has 0 bridgehead atoms. The molecule has 0 saturated carbocycles. The Kier molecular flexibility index (Phi) is 9.65. The first-order valence-corrected chi connectivity index (χ1v) is 15.4. The lowest BCUT2D eigenvalue weighted by atomic mass is 9.96. The second-order valence-corrected chi connectivity index (χ2v) is 11.9. The summed E-state index contributed by atoms with van der Waals surface area (Å²) in [5, 5.41) is 2.28. The Balaban J connectivity index is 1.22. The van der Waals surface area contributed by atoms with Crippen molar-refractivity contribution >= 4 is 22.8 Å². The largest absolute Gasteiger partial charge is 0.449 e. The Hall–Kier alpha value is -4.33. The molecule has 1 fully saturated rings. The van der Waals surface area contributed by atoms with E-state index in [4.69, 9.17) is 10.5 Å². The second kappa shape index (κ2) is 13.8. The zero-order chi connectivity index (χ0) is 30.3. The number of primary amides is 1. The molecule has 4 aromatic rings. The van der Waals surface area contributed by atoms with Crippen LogP contribution in [0.25, 0.3) is 21.9 Å². The summed E-state index contributed by atoms with van der Waals surface area (Å²) in [6, 6.07) is 16.3. The number of imidazole rings is 1. The summed E-state index contributed by atoms with van der Waals surface area (Å²) >= 11 is 0. The van der Waals surface area contributed by atoms with Crippen molar-refractivity contribution in [2.75, 3.05) is 19.7 Å². The van der Waals surface area contributed by atoms with E-state index in [0.717, 1.165) is 53.4 Å². The lowest BCUT2D eigenvalue weighted by molar-refractivity contribution is 0.0737. The van der Waals surface area contributed by atoms with Gasteiger partial charge in [0.25, 0.3) is 5.91 Å². The fourth-order valence-corrected chi connectivity index (χ4v) is 5.91. The summed E-state index contributed by atoms with van der Waals surface area (Å²) in [6.07, 6.45) is 12.6. The number of carbonyl (C=O) groups is 2. The number of hydrogen-bond donors (Lipinski definition) is 1. The predicted molar refractivity (Wildman–Crippen MR) is 171 cm³/mol. The van der Waals surface area contributed by atoms with Gasteiger partial charge in [-0.15, -0.1) is 0 Å². The zero-order valence-electron chi connectivity index (χ0n) is 25.5. The van der Waals surface area contributed by atoms with Gasteiger partial charge in [0.05, 0.1) is 25.2 Å². The number of carbonyl (C=O) groups excluding carboxylic acids is 2. The minimum atomic E-state index is -0.460. The number of likely N-dealkylation sites (tertiary alicyclic amines) is 1. The molecule has 1 aliphatic rings. The summed E-state index contributed by atoms with van der Waals surface area (Å²) in [7, 11) is 0. The molecule has 2 aromatic carbocycles. The Morgan fingerprint density at radius 1 is 1.09 bits per heavy atom. The number of benzene rings is 2. The molecule has 1 unspecified atom stereocenters. The van der Waals surface area contributed by atoms with Crippen LogP contribution in [0.1, 0.15) is 56.2 Å². The number of amides is 2. The van der Waals surface area contributed by atoms with E-state index < -0.39 is 5.91 Å². The van der Waals surface area contributed by atoms with Gasteiger partial charge in [-0.2, -0.15) is 0 Å². The van der Waals surface area contributed by atoms with Crippen LogP contribution in [0.4, 0.5) is 4.79 Å². The van der Waals surface area contributed by atoms with E-state index in [-0.39, 0.29) is 12.0 Å². The fraction of sp³-hybridized carbons (Fsp3) is 0.400. The van der Waals surface area contributed by atoms with E-state index in [1.54, 1.807) is 0 Å². The number of nitrogens with zero attached hydrogens (tertiary/aromatic N) is 4. The highest BCUT2D eigenvalue weighted by atomic mass is 16.6. The molecule has 2 amide bonds. The van der Waals surface area contributed by atoms with Crippen LogP contribution in [0, 0.1) is 17.8 Å². The first kappa shape index (κ1) is 30.1. The van der Waals surface area contributed by atoms with Crippen LogP contribution in [0.15, 0.2) is 79.4 Å². The van der Waals surface area contributed by atoms with E-state index in [0.29, 0.717) is 43.8 Å². The van der Waals surface area contributed by atoms with Crippen molar-refractivity contribution < 1.29 is 14.3 Å². The normalized spacial score (nSPS) is 15.0. The van der Waals surface area contributed by atoms with Gasteiger partial charge in [-0.1, -0.05) is 75.4 Å². The van der Waals surface area contributed by atoms with E-state index in [9.17, 15) is 9.59 Å². The van der Waals surface area contributed by atoms with Crippen LogP contribution >= 0.6 is 0 Å². The molecule has 2 aromatic heterocycles. The average molecular weight is 582 g/mol. The minimum absolute atomic E-state index is 0.217. The van der Waals surface area contributed by atoms with Crippen LogP contribution in [0.5, 0.6) is 0 Å². The number of ether oxygens (including phenoxy) is 1. The van der Waals surface area contributed by atoms with Gasteiger partial charge in [0.15, 0.2) is 0 Å². The number of aromatic nitrogens is 3. The minimum Gasteiger partial charge on any atom is -0.449 e. The number of nitrogens with two attached hydrogens (primary N) is 1. The third kappa shape index (κ3) is 7.19. The van der Waals surface area contributed by atoms with Gasteiger partial charge >= 0.3 is 6.09 Å². The van der Waals surface area contributed by atoms with Crippen LogP contribution in [-0.4, -0.2) is 50.7 Å². The van der Waals surface area contributed by atoms with Gasteiger partial charge in [-0.3, -0.25) is 4.79 Å². The molecule has 0 aliphatic carbocycles. The average Bonchev–Trinajstić information content (AvgIpc) is 3.64. The van der Waals surface area contributed by atoms with Gasteiger partial charge in [0, 0.05) is 43.5 Å². The lowest BCUT2D eigenvalue weighted by Crippen LogP contribution is -2.40. The van der Waals surface area contributed by atoms with Gasteiger partial charge < -0.3 is 24.5 Å². The number of allylic oxidation sites excluding steroid dienone is 1. The summed E-state index contributed by atoms with van der Waals surface area (Å²) in [5.74, 6) is 0.609. The smallest absolute Gasteiger partial charge is 0.409 e. The first-order chi connectivity index (χ1) is 20.8. The highest BCUT2D eigenvalue weighted by molar-refractivity contribution is 5.99. The monoisotopic (exact) mass is 581 g/mol. The molecular formula is C35H43N5O3. The molecular weight excluding hydrogens is 538 g/mol. The maximum absolute atomic E-state index is 12.8. The number of hydrogen-bond acceptors (Lipinski definition) is 4. The van der Waals surface area contributed by atoms with Crippen molar-refractivity contribution in [2.24, 2.45) is 23.5 Å². The van der Waals surface area contributed by atoms with Crippen LogP contribution in [0.2, 0.25) is 0 Å². The third-order valence-electron chi connectivity index (χ3n) is 8.58. The number of piperidine rings is 1. The topological polar surface area (TPSA) is 95.4 Å². The van der Waals surface area contributed by atoms with E-state index in [1.807, 2.05) is 52.5 Å². The molecule has 2 N–H and O–H groups in total. The lowest BCUT2D eigenvalue weighted by Gasteiger charge is -2.32. The second-order valence-electron chi connectivity index (χ2n) is 11.9. The zero-order valence-corrected chi connectivity index (χ0v) is 25.5. The van der Waals surface area contributed by atoms with Crippen LogP contribution in [0.3, 0.4) is 0 Å². The summed E-state index contributed by atoms with van der Waals surface area (Å²) in [4.78, 5) is 31.5. The van der Waals surface area contributed by atoms with E-state index in [1.165, 1.54) is 0 Å². The molecule has 0 radical (unpaired) electrons. The highest BCUT2D eigenvalue weighted by Gasteiger charge is 2.25. The molecule has 8 nitrogen and oxygen atoms in total. The van der Waals surface area contributed by atoms with Crippen molar-refractivity contribution in [2.45, 2.75) is 53.1 Å². The van der Waals surface area contributed by atoms with Gasteiger partial charge in [-0.25, -0.2) is 9.78 Å². The maximum atomic E-state index is 12.8.